The van der Waals surface area contributed by atoms with Gasteiger partial charge in [-0.2, -0.15) is 9.78 Å². The third kappa shape index (κ3) is 4.77. The third-order valence-corrected chi connectivity index (χ3v) is 4.68. The predicted octanol–water partition coefficient (Wildman–Crippen LogP) is 3.41. The maximum absolute atomic E-state index is 13.9. The Hall–Kier alpha value is -3.27. The minimum Gasteiger partial charge on any atom is -0.358 e. The summed E-state index contributed by atoms with van der Waals surface area (Å²) in [5, 5.41) is 21.9. The molecular weight excluding hydrogens is 403 g/mol. The summed E-state index contributed by atoms with van der Waals surface area (Å²) in [4.78, 5) is 22.7. The van der Waals surface area contributed by atoms with E-state index in [1.807, 2.05) is 0 Å². The molecule has 0 aliphatic heterocycles. The molecule has 0 radical (unpaired) electrons. The first kappa shape index (κ1) is 20.5. The highest BCUT2D eigenvalue weighted by Gasteiger charge is 2.21. The first-order valence-electron chi connectivity index (χ1n) is 8.70. The molecule has 2 aromatic heterocycles. The topological polar surface area (TPSA) is 108 Å². The monoisotopic (exact) mass is 420 g/mol. The molecule has 0 saturated heterocycles. The second-order valence-corrected chi connectivity index (χ2v) is 6.98. The standard InChI is InChI=1S/C18H18ClFN6O3/c1-11(9-25-12(2)8-17(23-25)26(28)29)18(27)21-16-6-7-24(22-16)10-13-14(19)4-3-5-15(13)20/h3-8,11H,9-10H2,1-2H3,(H,21,22,27). The molecule has 2 heterocycles. The molecule has 11 heteroatoms. The molecule has 0 saturated carbocycles. The number of halogens is 2. The van der Waals surface area contributed by atoms with Crippen molar-refractivity contribution in [1.82, 2.24) is 19.6 Å². The molecule has 1 atom stereocenters. The van der Waals surface area contributed by atoms with Crippen LogP contribution in [0.2, 0.25) is 5.02 Å². The third-order valence-electron chi connectivity index (χ3n) is 4.32. The number of rotatable bonds is 7. The number of carbonyl (C=O) groups excluding carboxylic acids is 1. The van der Waals surface area contributed by atoms with Crippen LogP contribution >= 0.6 is 11.6 Å². The summed E-state index contributed by atoms with van der Waals surface area (Å²) in [5.74, 6) is -1.23. The van der Waals surface area contributed by atoms with Gasteiger partial charge in [-0.05, 0) is 24.0 Å². The summed E-state index contributed by atoms with van der Waals surface area (Å²) in [5.41, 5.74) is 0.890. The summed E-state index contributed by atoms with van der Waals surface area (Å²) in [6, 6.07) is 7.36. The largest absolute Gasteiger partial charge is 0.390 e. The molecule has 0 bridgehead atoms. The van der Waals surface area contributed by atoms with E-state index < -0.39 is 16.7 Å². The van der Waals surface area contributed by atoms with Crippen molar-refractivity contribution >= 4 is 29.1 Å². The van der Waals surface area contributed by atoms with Crippen molar-refractivity contribution in [2.24, 2.45) is 5.92 Å². The Morgan fingerprint density at radius 3 is 2.79 bits per heavy atom. The molecule has 1 aromatic carbocycles. The number of nitrogens with one attached hydrogen (secondary N) is 1. The van der Waals surface area contributed by atoms with E-state index in [4.69, 9.17) is 11.6 Å². The lowest BCUT2D eigenvalue weighted by atomic mass is 10.1. The number of carbonyl (C=O) groups is 1. The van der Waals surface area contributed by atoms with Crippen LogP contribution in [0, 0.1) is 28.8 Å². The van der Waals surface area contributed by atoms with Crippen LogP contribution in [0.1, 0.15) is 18.2 Å². The molecule has 1 N–H and O–H groups in total. The Labute approximate surface area is 170 Å². The zero-order valence-corrected chi connectivity index (χ0v) is 16.4. The lowest BCUT2D eigenvalue weighted by Gasteiger charge is -2.10. The van der Waals surface area contributed by atoms with Gasteiger partial charge in [0.15, 0.2) is 5.82 Å². The Kier molecular flexibility index (Phi) is 5.92. The number of aryl methyl sites for hydroxylation is 1. The smallest absolute Gasteiger partial charge is 0.358 e. The quantitative estimate of drug-likeness (QED) is 0.465. The number of nitrogens with zero attached hydrogens (tertiary/aromatic N) is 5. The molecule has 0 aliphatic rings. The van der Waals surface area contributed by atoms with Crippen molar-refractivity contribution in [3.8, 4) is 0 Å². The fraction of sp³-hybridized carbons (Fsp3) is 0.278. The van der Waals surface area contributed by atoms with Gasteiger partial charge < -0.3 is 15.4 Å². The minimum atomic E-state index is -0.581. The molecule has 0 aliphatic carbocycles. The van der Waals surface area contributed by atoms with Gasteiger partial charge in [-0.25, -0.2) is 4.39 Å². The van der Waals surface area contributed by atoms with Crippen LogP contribution in [-0.2, 0) is 17.9 Å². The van der Waals surface area contributed by atoms with Gasteiger partial charge in [-0.1, -0.05) is 24.6 Å². The zero-order chi connectivity index (χ0) is 21.1. The summed E-state index contributed by atoms with van der Waals surface area (Å²) in [6.07, 6.45) is 1.60. The first-order valence-corrected chi connectivity index (χ1v) is 9.08. The summed E-state index contributed by atoms with van der Waals surface area (Å²) < 4.78 is 16.8. The summed E-state index contributed by atoms with van der Waals surface area (Å²) in [7, 11) is 0. The fourth-order valence-electron chi connectivity index (χ4n) is 2.72. The van der Waals surface area contributed by atoms with Gasteiger partial charge in [-0.15, -0.1) is 0 Å². The van der Waals surface area contributed by atoms with Gasteiger partial charge in [0.2, 0.25) is 5.91 Å². The first-order chi connectivity index (χ1) is 13.7. The van der Waals surface area contributed by atoms with Crippen molar-refractivity contribution in [1.29, 1.82) is 0 Å². The number of anilines is 1. The van der Waals surface area contributed by atoms with Gasteiger partial charge in [0.1, 0.15) is 5.82 Å². The van der Waals surface area contributed by atoms with Gasteiger partial charge in [0, 0.05) is 22.8 Å². The lowest BCUT2D eigenvalue weighted by molar-refractivity contribution is -0.389. The summed E-state index contributed by atoms with van der Waals surface area (Å²) >= 11 is 6.02. The van der Waals surface area contributed by atoms with E-state index in [9.17, 15) is 19.3 Å². The number of amides is 1. The van der Waals surface area contributed by atoms with Crippen LogP contribution in [0.25, 0.3) is 0 Å². The number of hydrogen-bond acceptors (Lipinski definition) is 5. The van der Waals surface area contributed by atoms with Crippen LogP contribution in [-0.4, -0.2) is 30.4 Å². The number of hydrogen-bond donors (Lipinski definition) is 1. The molecule has 0 fully saturated rings. The molecule has 3 aromatic rings. The van der Waals surface area contributed by atoms with E-state index in [0.29, 0.717) is 22.1 Å². The van der Waals surface area contributed by atoms with Gasteiger partial charge >= 0.3 is 5.82 Å². The lowest BCUT2D eigenvalue weighted by Crippen LogP contribution is -2.25. The minimum absolute atomic E-state index is 0.118. The Balaban J connectivity index is 1.63. The normalized spacial score (nSPS) is 12.0. The highest BCUT2D eigenvalue weighted by atomic mass is 35.5. The second kappa shape index (κ2) is 8.39. The average Bonchev–Trinajstić information content (AvgIpc) is 3.25. The SMILES string of the molecule is Cc1cc([N+](=O)[O-])nn1CC(C)C(=O)Nc1ccn(Cc2c(F)cccc2Cl)n1. The van der Waals surface area contributed by atoms with Crippen LogP contribution in [0.15, 0.2) is 36.5 Å². The second-order valence-electron chi connectivity index (χ2n) is 6.57. The molecule has 29 heavy (non-hydrogen) atoms. The number of nitro groups is 1. The highest BCUT2D eigenvalue weighted by molar-refractivity contribution is 6.31. The van der Waals surface area contributed by atoms with Crippen LogP contribution in [0.3, 0.4) is 0 Å². The van der Waals surface area contributed by atoms with Crippen LogP contribution < -0.4 is 5.32 Å². The van der Waals surface area contributed by atoms with Crippen LogP contribution in [0.4, 0.5) is 16.0 Å². The Morgan fingerprint density at radius 2 is 2.14 bits per heavy atom. The van der Waals surface area contributed by atoms with E-state index in [1.165, 1.54) is 27.6 Å². The molecule has 3 rings (SSSR count). The van der Waals surface area contributed by atoms with Gasteiger partial charge in [0.25, 0.3) is 0 Å². The van der Waals surface area contributed by atoms with Crippen LogP contribution in [0.5, 0.6) is 0 Å². The molecule has 0 spiro atoms. The molecule has 1 unspecified atom stereocenters. The van der Waals surface area contributed by atoms with Crippen molar-refractivity contribution in [2.45, 2.75) is 26.9 Å². The average molecular weight is 421 g/mol. The number of aromatic nitrogens is 4. The molecule has 9 nitrogen and oxygen atoms in total. The van der Waals surface area contributed by atoms with Crippen molar-refractivity contribution in [3.05, 3.63) is 68.7 Å². The van der Waals surface area contributed by atoms with Crippen molar-refractivity contribution < 1.29 is 14.1 Å². The molecule has 152 valence electrons. The van der Waals surface area contributed by atoms with Gasteiger partial charge in [0.05, 0.1) is 35.9 Å². The van der Waals surface area contributed by atoms with Gasteiger partial charge in [-0.3, -0.25) is 9.48 Å². The van der Waals surface area contributed by atoms with E-state index >= 15 is 0 Å². The van der Waals surface area contributed by atoms with E-state index in [-0.39, 0.29) is 24.8 Å². The van der Waals surface area contributed by atoms with Crippen molar-refractivity contribution in [3.63, 3.8) is 0 Å². The maximum Gasteiger partial charge on any atom is 0.390 e. The van der Waals surface area contributed by atoms with E-state index in [0.717, 1.165) is 0 Å². The summed E-state index contributed by atoms with van der Waals surface area (Å²) in [6.45, 7) is 3.66. The highest BCUT2D eigenvalue weighted by Crippen LogP contribution is 2.20. The van der Waals surface area contributed by atoms with E-state index in [2.05, 4.69) is 15.5 Å². The predicted molar refractivity (Wildman–Crippen MR) is 104 cm³/mol. The molecule has 1 amide bonds. The Bertz CT molecular complexity index is 1040. The maximum atomic E-state index is 13.9. The fourth-order valence-corrected chi connectivity index (χ4v) is 2.94. The zero-order valence-electron chi connectivity index (χ0n) is 15.7. The molecular formula is C18H18ClFN6O3. The van der Waals surface area contributed by atoms with Crippen molar-refractivity contribution in [2.75, 3.05) is 5.32 Å². The Morgan fingerprint density at radius 1 is 1.38 bits per heavy atom. The number of benzene rings is 1. The van der Waals surface area contributed by atoms with E-state index in [1.54, 1.807) is 32.2 Å².